The maximum Gasteiger partial charge on any atom is 0.0387 e. The molecule has 31 heavy (non-hydrogen) atoms. The minimum Gasteiger partial charge on any atom is -0.356 e. The second-order valence-electron chi connectivity index (χ2n) is 8.27. The summed E-state index contributed by atoms with van der Waals surface area (Å²) in [5.41, 5.74) is 12.3. The molecule has 0 saturated carbocycles. The molecule has 0 fully saturated rings. The Hall–Kier alpha value is -3.58. The first-order chi connectivity index (χ1) is 15.0. The molecule has 0 unspecified atom stereocenters. The van der Waals surface area contributed by atoms with Crippen molar-refractivity contribution < 1.29 is 0 Å². The Kier molecular flexibility index (Phi) is 6.04. The summed E-state index contributed by atoms with van der Waals surface area (Å²) in [6, 6.07) is 32.4. The van der Waals surface area contributed by atoms with Gasteiger partial charge in [0.1, 0.15) is 0 Å². The highest BCUT2D eigenvalue weighted by atomic mass is 14.9. The van der Waals surface area contributed by atoms with Gasteiger partial charge in [0.25, 0.3) is 0 Å². The molecule has 4 rings (SSSR count). The highest BCUT2D eigenvalue weighted by molar-refractivity contribution is 5.91. The molecule has 4 aromatic carbocycles. The number of rotatable bonds is 5. The average molecular weight is 404 g/mol. The van der Waals surface area contributed by atoms with Gasteiger partial charge in [-0.05, 0) is 103 Å². The first kappa shape index (κ1) is 20.7. The third-order valence-corrected chi connectivity index (χ3v) is 5.92. The summed E-state index contributed by atoms with van der Waals surface area (Å²) in [4.78, 5) is 0. The molecule has 1 heteroatoms. The second kappa shape index (κ2) is 9.06. The summed E-state index contributed by atoms with van der Waals surface area (Å²) in [5.74, 6) is 0. The number of nitrogens with one attached hydrogen (secondary N) is 1. The van der Waals surface area contributed by atoms with Gasteiger partial charge < -0.3 is 5.32 Å². The van der Waals surface area contributed by atoms with Crippen LogP contribution < -0.4 is 5.32 Å². The standard InChI is InChI=1S/C30H29N/c1-21-10-14-27(18-23(21)3)30(26-8-6-5-7-9-26)20-25-12-16-28(17-13-25)31-29-15-11-22(2)24(4)19-29/h5-20,31H,1-4H3/b30-20+. The molecule has 0 atom stereocenters. The van der Waals surface area contributed by atoms with Crippen LogP contribution in [-0.4, -0.2) is 0 Å². The van der Waals surface area contributed by atoms with Crippen LogP contribution in [0.3, 0.4) is 0 Å². The van der Waals surface area contributed by atoms with Crippen molar-refractivity contribution in [3.63, 3.8) is 0 Å². The molecule has 1 nitrogen and oxygen atoms in total. The Balaban J connectivity index is 1.65. The molecule has 0 aromatic heterocycles. The van der Waals surface area contributed by atoms with E-state index in [2.05, 4.69) is 130 Å². The largest absolute Gasteiger partial charge is 0.356 e. The van der Waals surface area contributed by atoms with E-state index >= 15 is 0 Å². The zero-order valence-corrected chi connectivity index (χ0v) is 18.7. The van der Waals surface area contributed by atoms with Crippen molar-refractivity contribution in [2.45, 2.75) is 27.7 Å². The zero-order chi connectivity index (χ0) is 21.8. The predicted molar refractivity (Wildman–Crippen MR) is 135 cm³/mol. The van der Waals surface area contributed by atoms with E-state index < -0.39 is 0 Å². The topological polar surface area (TPSA) is 12.0 Å². The maximum absolute atomic E-state index is 3.51. The lowest BCUT2D eigenvalue weighted by molar-refractivity contribution is 1.33. The van der Waals surface area contributed by atoms with Gasteiger partial charge in [0, 0.05) is 11.4 Å². The lowest BCUT2D eigenvalue weighted by Crippen LogP contribution is -1.93. The number of anilines is 2. The van der Waals surface area contributed by atoms with Crippen LogP contribution in [0.4, 0.5) is 11.4 Å². The van der Waals surface area contributed by atoms with E-state index in [0.29, 0.717) is 0 Å². The molecular formula is C30H29N. The van der Waals surface area contributed by atoms with Crippen molar-refractivity contribution >= 4 is 23.0 Å². The van der Waals surface area contributed by atoms with Crippen LogP contribution in [0.5, 0.6) is 0 Å². The molecule has 154 valence electrons. The Bertz CT molecular complexity index is 1220. The molecular weight excluding hydrogens is 374 g/mol. The molecule has 0 heterocycles. The first-order valence-electron chi connectivity index (χ1n) is 10.8. The van der Waals surface area contributed by atoms with Crippen LogP contribution in [0.15, 0.2) is 91.0 Å². The van der Waals surface area contributed by atoms with E-state index in [1.165, 1.54) is 44.5 Å². The summed E-state index contributed by atoms with van der Waals surface area (Å²) in [6.45, 7) is 8.62. The van der Waals surface area contributed by atoms with Gasteiger partial charge in [-0.25, -0.2) is 0 Å². The van der Waals surface area contributed by atoms with E-state index in [0.717, 1.165) is 11.4 Å². The molecule has 1 N–H and O–H groups in total. The van der Waals surface area contributed by atoms with Crippen molar-refractivity contribution in [1.82, 2.24) is 0 Å². The van der Waals surface area contributed by atoms with E-state index in [-0.39, 0.29) is 0 Å². The van der Waals surface area contributed by atoms with Crippen LogP contribution in [0.2, 0.25) is 0 Å². The normalized spacial score (nSPS) is 11.4. The van der Waals surface area contributed by atoms with Crippen LogP contribution >= 0.6 is 0 Å². The van der Waals surface area contributed by atoms with E-state index in [9.17, 15) is 0 Å². The van der Waals surface area contributed by atoms with Gasteiger partial charge in [-0.3, -0.25) is 0 Å². The second-order valence-corrected chi connectivity index (χ2v) is 8.27. The number of hydrogen-bond acceptors (Lipinski definition) is 1. The third kappa shape index (κ3) is 4.95. The Morgan fingerprint density at radius 2 is 1.16 bits per heavy atom. The van der Waals surface area contributed by atoms with Gasteiger partial charge in [-0.2, -0.15) is 0 Å². The number of benzene rings is 4. The zero-order valence-electron chi connectivity index (χ0n) is 18.7. The lowest BCUT2D eigenvalue weighted by Gasteiger charge is -2.12. The summed E-state index contributed by atoms with van der Waals surface area (Å²) < 4.78 is 0. The van der Waals surface area contributed by atoms with Crippen LogP contribution in [0.1, 0.15) is 38.9 Å². The lowest BCUT2D eigenvalue weighted by atomic mass is 9.93. The highest BCUT2D eigenvalue weighted by Crippen LogP contribution is 2.28. The third-order valence-electron chi connectivity index (χ3n) is 5.92. The van der Waals surface area contributed by atoms with Crippen molar-refractivity contribution in [3.8, 4) is 0 Å². The minimum atomic E-state index is 1.09. The monoisotopic (exact) mass is 403 g/mol. The molecule has 0 radical (unpaired) electrons. The summed E-state index contributed by atoms with van der Waals surface area (Å²) in [6.07, 6.45) is 2.28. The first-order valence-corrected chi connectivity index (χ1v) is 10.8. The molecule has 0 bridgehead atoms. The maximum atomic E-state index is 3.51. The fourth-order valence-electron chi connectivity index (χ4n) is 3.68. The predicted octanol–water partition coefficient (Wildman–Crippen LogP) is 8.25. The van der Waals surface area contributed by atoms with Gasteiger partial charge in [0.15, 0.2) is 0 Å². The number of hydrogen-bond donors (Lipinski definition) is 1. The Labute approximate surface area is 186 Å². The smallest absolute Gasteiger partial charge is 0.0387 e. The van der Waals surface area contributed by atoms with E-state index in [1.807, 2.05) is 0 Å². The fourth-order valence-corrected chi connectivity index (χ4v) is 3.68. The molecule has 0 spiro atoms. The van der Waals surface area contributed by atoms with Crippen LogP contribution in [0, 0.1) is 27.7 Å². The summed E-state index contributed by atoms with van der Waals surface area (Å²) >= 11 is 0. The van der Waals surface area contributed by atoms with E-state index in [1.54, 1.807) is 0 Å². The highest BCUT2D eigenvalue weighted by Gasteiger charge is 2.07. The van der Waals surface area contributed by atoms with Crippen molar-refractivity contribution in [1.29, 1.82) is 0 Å². The van der Waals surface area contributed by atoms with Crippen LogP contribution in [0.25, 0.3) is 11.6 Å². The molecule has 0 aliphatic heterocycles. The van der Waals surface area contributed by atoms with Crippen molar-refractivity contribution in [2.24, 2.45) is 0 Å². The van der Waals surface area contributed by atoms with Gasteiger partial charge >= 0.3 is 0 Å². The molecule has 0 aliphatic carbocycles. The van der Waals surface area contributed by atoms with Crippen LogP contribution in [-0.2, 0) is 0 Å². The van der Waals surface area contributed by atoms with Gasteiger partial charge in [-0.1, -0.05) is 66.7 Å². The average Bonchev–Trinajstić information content (AvgIpc) is 2.78. The Morgan fingerprint density at radius 1 is 0.548 bits per heavy atom. The minimum absolute atomic E-state index is 1.09. The van der Waals surface area contributed by atoms with Gasteiger partial charge in [-0.15, -0.1) is 0 Å². The van der Waals surface area contributed by atoms with Gasteiger partial charge in [0.2, 0.25) is 0 Å². The fraction of sp³-hybridized carbons (Fsp3) is 0.133. The summed E-state index contributed by atoms with van der Waals surface area (Å²) in [7, 11) is 0. The molecule has 0 saturated heterocycles. The molecule has 0 amide bonds. The van der Waals surface area contributed by atoms with Crippen molar-refractivity contribution in [2.75, 3.05) is 5.32 Å². The SMILES string of the molecule is Cc1ccc(Nc2ccc(/C=C(\c3ccccc3)c3ccc(C)c(C)c3)cc2)cc1C. The van der Waals surface area contributed by atoms with Crippen molar-refractivity contribution in [3.05, 3.63) is 130 Å². The number of aryl methyl sites for hydroxylation is 4. The van der Waals surface area contributed by atoms with Gasteiger partial charge in [0.05, 0.1) is 0 Å². The molecule has 4 aromatic rings. The summed E-state index contributed by atoms with van der Waals surface area (Å²) in [5, 5.41) is 3.51. The van der Waals surface area contributed by atoms with E-state index in [4.69, 9.17) is 0 Å². The Morgan fingerprint density at radius 3 is 1.81 bits per heavy atom. The molecule has 0 aliphatic rings. The quantitative estimate of drug-likeness (QED) is 0.331.